The fourth-order valence-corrected chi connectivity index (χ4v) is 1.27. The van der Waals surface area contributed by atoms with E-state index in [0.29, 0.717) is 5.88 Å². The molecule has 1 nitrogen and oxygen atoms in total. The van der Waals surface area contributed by atoms with Gasteiger partial charge in [-0.25, -0.2) is 0 Å². The molecule has 0 spiro atoms. The van der Waals surface area contributed by atoms with Crippen LogP contribution in [0, 0.1) is 6.92 Å². The third kappa shape index (κ3) is 2.28. The van der Waals surface area contributed by atoms with E-state index in [0.717, 1.165) is 16.8 Å². The predicted molar refractivity (Wildman–Crippen MR) is 52.4 cm³/mol. The summed E-state index contributed by atoms with van der Waals surface area (Å²) >= 11 is 5.66. The van der Waals surface area contributed by atoms with Gasteiger partial charge in [0.1, 0.15) is 0 Å². The van der Waals surface area contributed by atoms with Gasteiger partial charge in [-0.2, -0.15) is 0 Å². The Bertz CT molecular complexity index is 215. The third-order valence-electron chi connectivity index (χ3n) is 1.58. The SMILES string of the molecule is Cc1cccc(N)c1CCl.Cl. The first-order chi connectivity index (χ1) is 4.75. The number of rotatable bonds is 1. The largest absolute Gasteiger partial charge is 0.398 e. The van der Waals surface area contributed by atoms with E-state index in [2.05, 4.69) is 0 Å². The Morgan fingerprint density at radius 1 is 1.45 bits per heavy atom. The molecule has 0 aliphatic heterocycles. The summed E-state index contributed by atoms with van der Waals surface area (Å²) in [5.41, 5.74) is 8.64. The van der Waals surface area contributed by atoms with Crippen molar-refractivity contribution in [2.24, 2.45) is 0 Å². The molecule has 0 aliphatic carbocycles. The Labute approximate surface area is 78.0 Å². The molecule has 0 radical (unpaired) electrons. The molecule has 0 aromatic heterocycles. The van der Waals surface area contributed by atoms with E-state index < -0.39 is 0 Å². The summed E-state index contributed by atoms with van der Waals surface area (Å²) < 4.78 is 0. The summed E-state index contributed by atoms with van der Waals surface area (Å²) in [6.45, 7) is 2.01. The van der Waals surface area contributed by atoms with Crippen LogP contribution in [0.25, 0.3) is 0 Å². The smallest absolute Gasteiger partial charge is 0.0497 e. The number of hydrogen-bond donors (Lipinski definition) is 1. The van der Waals surface area contributed by atoms with Crippen LogP contribution < -0.4 is 5.73 Å². The first kappa shape index (κ1) is 10.6. The van der Waals surface area contributed by atoms with Gasteiger partial charge >= 0.3 is 0 Å². The third-order valence-corrected chi connectivity index (χ3v) is 1.85. The van der Waals surface area contributed by atoms with Crippen molar-refractivity contribution in [1.29, 1.82) is 0 Å². The minimum absolute atomic E-state index is 0. The number of aryl methyl sites for hydroxylation is 1. The number of benzene rings is 1. The van der Waals surface area contributed by atoms with Gasteiger partial charge in [0.2, 0.25) is 0 Å². The number of hydrogen-bond acceptors (Lipinski definition) is 1. The second-order valence-corrected chi connectivity index (χ2v) is 2.54. The monoisotopic (exact) mass is 191 g/mol. The Morgan fingerprint density at radius 2 is 2.09 bits per heavy atom. The molecule has 62 valence electrons. The maximum Gasteiger partial charge on any atom is 0.0497 e. The lowest BCUT2D eigenvalue weighted by molar-refractivity contribution is 1.31. The summed E-state index contributed by atoms with van der Waals surface area (Å²) in [6.07, 6.45) is 0. The van der Waals surface area contributed by atoms with Crippen molar-refractivity contribution in [3.8, 4) is 0 Å². The zero-order valence-electron chi connectivity index (χ0n) is 6.30. The van der Waals surface area contributed by atoms with E-state index in [9.17, 15) is 0 Å². The van der Waals surface area contributed by atoms with Crippen LogP contribution in [0.4, 0.5) is 5.69 Å². The lowest BCUT2D eigenvalue weighted by atomic mass is 10.1. The molecule has 0 aliphatic rings. The number of alkyl halides is 1. The maximum absolute atomic E-state index is 5.66. The maximum atomic E-state index is 5.66. The summed E-state index contributed by atoms with van der Waals surface area (Å²) in [6, 6.07) is 5.81. The van der Waals surface area contributed by atoms with Gasteiger partial charge in [0, 0.05) is 11.6 Å². The van der Waals surface area contributed by atoms with Gasteiger partial charge in [-0.1, -0.05) is 12.1 Å². The minimum Gasteiger partial charge on any atom is -0.398 e. The van der Waals surface area contributed by atoms with Crippen molar-refractivity contribution >= 4 is 29.7 Å². The summed E-state index contributed by atoms with van der Waals surface area (Å²) in [5.74, 6) is 0.499. The summed E-state index contributed by atoms with van der Waals surface area (Å²) in [5, 5.41) is 0. The quantitative estimate of drug-likeness (QED) is 0.537. The topological polar surface area (TPSA) is 26.0 Å². The first-order valence-corrected chi connectivity index (χ1v) is 3.69. The molecule has 0 unspecified atom stereocenters. The molecule has 0 saturated heterocycles. The van der Waals surface area contributed by atoms with Crippen molar-refractivity contribution in [1.82, 2.24) is 0 Å². The van der Waals surface area contributed by atoms with Crippen LogP contribution in [0.15, 0.2) is 18.2 Å². The molecular weight excluding hydrogens is 181 g/mol. The minimum atomic E-state index is 0. The van der Waals surface area contributed by atoms with Crippen molar-refractivity contribution in [3.05, 3.63) is 29.3 Å². The lowest BCUT2D eigenvalue weighted by Gasteiger charge is -2.03. The molecule has 0 fully saturated rings. The van der Waals surface area contributed by atoms with Crippen LogP contribution in [0.2, 0.25) is 0 Å². The van der Waals surface area contributed by atoms with Crippen molar-refractivity contribution in [2.45, 2.75) is 12.8 Å². The second-order valence-electron chi connectivity index (χ2n) is 2.28. The Hall–Kier alpha value is -0.400. The van der Waals surface area contributed by atoms with Gasteiger partial charge in [-0.15, -0.1) is 24.0 Å². The molecule has 1 aromatic carbocycles. The number of anilines is 1. The van der Waals surface area contributed by atoms with Crippen LogP contribution in [0.3, 0.4) is 0 Å². The highest BCUT2D eigenvalue weighted by Crippen LogP contribution is 2.17. The Morgan fingerprint density at radius 3 is 2.45 bits per heavy atom. The van der Waals surface area contributed by atoms with Gasteiger partial charge in [0.25, 0.3) is 0 Å². The lowest BCUT2D eigenvalue weighted by Crippen LogP contribution is -1.93. The van der Waals surface area contributed by atoms with E-state index in [4.69, 9.17) is 17.3 Å². The molecule has 3 heteroatoms. The van der Waals surface area contributed by atoms with Crippen LogP contribution in [-0.4, -0.2) is 0 Å². The number of nitrogens with two attached hydrogens (primary N) is 1. The highest BCUT2D eigenvalue weighted by molar-refractivity contribution is 6.17. The normalized spacial score (nSPS) is 8.91. The van der Waals surface area contributed by atoms with Crippen LogP contribution in [0.1, 0.15) is 11.1 Å². The molecule has 0 saturated carbocycles. The highest BCUT2D eigenvalue weighted by Gasteiger charge is 1.98. The average Bonchev–Trinajstić information content (AvgIpc) is 1.88. The van der Waals surface area contributed by atoms with E-state index in [1.807, 2.05) is 25.1 Å². The van der Waals surface area contributed by atoms with Crippen LogP contribution in [0.5, 0.6) is 0 Å². The fourth-order valence-electron chi connectivity index (χ4n) is 0.908. The van der Waals surface area contributed by atoms with Crippen molar-refractivity contribution in [2.75, 3.05) is 5.73 Å². The molecule has 11 heavy (non-hydrogen) atoms. The van der Waals surface area contributed by atoms with E-state index in [1.54, 1.807) is 0 Å². The van der Waals surface area contributed by atoms with Gasteiger partial charge in [-0.3, -0.25) is 0 Å². The summed E-state index contributed by atoms with van der Waals surface area (Å²) in [4.78, 5) is 0. The molecule has 2 N–H and O–H groups in total. The molecule has 1 rings (SSSR count). The molecule has 0 heterocycles. The van der Waals surface area contributed by atoms with Crippen molar-refractivity contribution < 1.29 is 0 Å². The molecule has 0 atom stereocenters. The van der Waals surface area contributed by atoms with E-state index in [1.165, 1.54) is 0 Å². The first-order valence-electron chi connectivity index (χ1n) is 3.15. The molecule has 0 amide bonds. The molecule has 0 bridgehead atoms. The Balaban J connectivity index is 0.000001000. The van der Waals surface area contributed by atoms with Gasteiger partial charge < -0.3 is 5.73 Å². The number of nitrogen functional groups attached to an aromatic ring is 1. The number of halogens is 2. The average molecular weight is 192 g/mol. The van der Waals surface area contributed by atoms with Crippen LogP contribution >= 0.6 is 24.0 Å². The highest BCUT2D eigenvalue weighted by atomic mass is 35.5. The fraction of sp³-hybridized carbons (Fsp3) is 0.250. The standard InChI is InChI=1S/C8H10ClN.ClH/c1-6-3-2-4-8(10)7(6)5-9;/h2-4H,5,10H2,1H3;1H. The van der Waals surface area contributed by atoms with Crippen LogP contribution in [-0.2, 0) is 5.88 Å². The van der Waals surface area contributed by atoms with Gasteiger partial charge in [0.05, 0.1) is 0 Å². The Kier molecular flexibility index (Phi) is 4.31. The zero-order chi connectivity index (χ0) is 7.56. The predicted octanol–water partition coefficient (Wildman–Crippen LogP) is 2.74. The molecule has 1 aromatic rings. The van der Waals surface area contributed by atoms with E-state index in [-0.39, 0.29) is 12.4 Å². The van der Waals surface area contributed by atoms with E-state index >= 15 is 0 Å². The van der Waals surface area contributed by atoms with Gasteiger partial charge in [-0.05, 0) is 24.1 Å². The zero-order valence-corrected chi connectivity index (χ0v) is 7.88. The van der Waals surface area contributed by atoms with Gasteiger partial charge in [0.15, 0.2) is 0 Å². The molecular formula is C8H11Cl2N. The summed E-state index contributed by atoms with van der Waals surface area (Å²) in [7, 11) is 0. The van der Waals surface area contributed by atoms with Crippen molar-refractivity contribution in [3.63, 3.8) is 0 Å². The second kappa shape index (κ2) is 4.47.